The van der Waals surface area contributed by atoms with E-state index >= 15 is 0 Å². The molecule has 1 N–H and O–H groups in total. The Kier molecular flexibility index (Phi) is 7.77. The molecule has 0 atom stereocenters. The van der Waals surface area contributed by atoms with E-state index in [-0.39, 0.29) is 18.2 Å². The summed E-state index contributed by atoms with van der Waals surface area (Å²) in [7, 11) is -1.65. The number of nitrogens with zero attached hydrogens (tertiary/aromatic N) is 1. The number of sulfone groups is 1. The smallest absolute Gasteiger partial charge is 0.178 e. The lowest BCUT2D eigenvalue weighted by Crippen LogP contribution is -2.24. The van der Waals surface area contributed by atoms with Gasteiger partial charge < -0.3 is 9.72 Å². The first kappa shape index (κ1) is 21.8. The molecule has 0 bridgehead atoms. The van der Waals surface area contributed by atoms with Crippen molar-refractivity contribution >= 4 is 22.2 Å². The van der Waals surface area contributed by atoms with E-state index in [2.05, 4.69) is 16.0 Å². The fraction of sp³-hybridized carbons (Fsp3) is 0.500. The number of benzene rings is 1. The summed E-state index contributed by atoms with van der Waals surface area (Å²) >= 11 is 0. The SMILES string of the molecule is CCS(=O)(=O)c1ccc(OC)c(-c2ccc(CN3CCCCCC3)[nH]2)c1.Cl. The second-order valence-corrected chi connectivity index (χ2v) is 9.13. The minimum absolute atomic E-state index is 0. The van der Waals surface area contributed by atoms with Crippen molar-refractivity contribution in [3.8, 4) is 17.0 Å². The van der Waals surface area contributed by atoms with Gasteiger partial charge in [0.25, 0.3) is 0 Å². The molecule has 2 heterocycles. The predicted molar refractivity (Wildman–Crippen MR) is 112 cm³/mol. The lowest BCUT2D eigenvalue weighted by molar-refractivity contribution is 0.274. The number of hydrogen-bond acceptors (Lipinski definition) is 4. The molecule has 0 unspecified atom stereocenters. The van der Waals surface area contributed by atoms with Crippen LogP contribution in [0.1, 0.15) is 38.3 Å². The summed E-state index contributed by atoms with van der Waals surface area (Å²) in [6.45, 7) is 4.84. The molecule has 2 aromatic rings. The topological polar surface area (TPSA) is 62.4 Å². The second kappa shape index (κ2) is 9.62. The van der Waals surface area contributed by atoms with Gasteiger partial charge in [-0.2, -0.15) is 0 Å². The Morgan fingerprint density at radius 2 is 1.78 bits per heavy atom. The van der Waals surface area contributed by atoms with Gasteiger partial charge in [-0.3, -0.25) is 4.90 Å². The van der Waals surface area contributed by atoms with E-state index in [1.165, 1.54) is 25.7 Å². The fourth-order valence-corrected chi connectivity index (χ4v) is 4.39. The van der Waals surface area contributed by atoms with Crippen molar-refractivity contribution in [1.82, 2.24) is 9.88 Å². The zero-order valence-corrected chi connectivity index (χ0v) is 17.7. The van der Waals surface area contributed by atoms with Gasteiger partial charge in [0.15, 0.2) is 9.84 Å². The maximum Gasteiger partial charge on any atom is 0.178 e. The van der Waals surface area contributed by atoms with E-state index in [0.717, 1.165) is 36.6 Å². The van der Waals surface area contributed by atoms with Crippen molar-refractivity contribution in [1.29, 1.82) is 0 Å². The zero-order chi connectivity index (χ0) is 18.6. The van der Waals surface area contributed by atoms with Crippen molar-refractivity contribution in [2.45, 2.75) is 44.0 Å². The molecule has 1 aromatic heterocycles. The molecular formula is C20H29ClN2O3S. The molecule has 0 saturated carbocycles. The molecule has 1 fully saturated rings. The van der Waals surface area contributed by atoms with Crippen LogP contribution < -0.4 is 4.74 Å². The summed E-state index contributed by atoms with van der Waals surface area (Å²) in [6, 6.07) is 9.14. The highest BCUT2D eigenvalue weighted by Gasteiger charge is 2.17. The first-order valence-electron chi connectivity index (χ1n) is 9.35. The molecule has 0 amide bonds. The van der Waals surface area contributed by atoms with Crippen LogP contribution in [0.15, 0.2) is 35.2 Å². The summed E-state index contributed by atoms with van der Waals surface area (Å²) in [5, 5.41) is 0. The van der Waals surface area contributed by atoms with Gasteiger partial charge in [-0.1, -0.05) is 19.8 Å². The molecule has 0 aliphatic carbocycles. The second-order valence-electron chi connectivity index (χ2n) is 6.85. The van der Waals surface area contributed by atoms with E-state index in [0.29, 0.717) is 10.6 Å². The Morgan fingerprint density at radius 3 is 2.41 bits per heavy atom. The summed E-state index contributed by atoms with van der Waals surface area (Å²) in [5.74, 6) is 0.757. The molecular weight excluding hydrogens is 384 g/mol. The van der Waals surface area contributed by atoms with E-state index in [1.54, 1.807) is 32.2 Å². The Hall–Kier alpha value is -1.50. The van der Waals surface area contributed by atoms with Crippen LogP contribution >= 0.6 is 12.4 Å². The van der Waals surface area contributed by atoms with Gasteiger partial charge in [-0.25, -0.2) is 8.42 Å². The Bertz CT molecular complexity index is 841. The lowest BCUT2D eigenvalue weighted by atomic mass is 10.1. The van der Waals surface area contributed by atoms with Crippen molar-refractivity contribution in [3.05, 3.63) is 36.0 Å². The number of aromatic amines is 1. The van der Waals surface area contributed by atoms with E-state index in [4.69, 9.17) is 4.74 Å². The minimum atomic E-state index is -3.25. The molecule has 0 radical (unpaired) electrons. The van der Waals surface area contributed by atoms with Gasteiger partial charge in [0.05, 0.1) is 17.8 Å². The van der Waals surface area contributed by atoms with Gasteiger partial charge in [0.2, 0.25) is 0 Å². The zero-order valence-electron chi connectivity index (χ0n) is 16.0. The standard InChI is InChI=1S/C20H28N2O3S.ClH/c1-3-26(23,24)17-9-11-20(25-2)18(14-17)19-10-8-16(21-19)15-22-12-6-4-5-7-13-22;/h8-11,14,21H,3-7,12-13,15H2,1-2H3;1H. The molecule has 3 rings (SSSR count). The molecule has 150 valence electrons. The number of rotatable bonds is 6. The Labute approximate surface area is 168 Å². The first-order chi connectivity index (χ1) is 12.5. The van der Waals surface area contributed by atoms with Crippen LogP contribution in [-0.4, -0.2) is 44.3 Å². The number of ether oxygens (including phenoxy) is 1. The first-order valence-corrected chi connectivity index (χ1v) is 11.0. The monoisotopic (exact) mass is 412 g/mol. The van der Waals surface area contributed by atoms with Gasteiger partial charge in [-0.15, -0.1) is 12.4 Å². The number of halogens is 1. The summed E-state index contributed by atoms with van der Waals surface area (Å²) < 4.78 is 29.9. The highest BCUT2D eigenvalue weighted by molar-refractivity contribution is 7.91. The lowest BCUT2D eigenvalue weighted by Gasteiger charge is -2.18. The van der Waals surface area contributed by atoms with Crippen LogP contribution in [-0.2, 0) is 16.4 Å². The maximum atomic E-state index is 12.2. The van der Waals surface area contributed by atoms with Crippen LogP contribution in [0, 0.1) is 0 Å². The van der Waals surface area contributed by atoms with Crippen LogP contribution in [0.25, 0.3) is 11.3 Å². The van der Waals surface area contributed by atoms with Crippen LogP contribution in [0.2, 0.25) is 0 Å². The molecule has 5 nitrogen and oxygen atoms in total. The van der Waals surface area contributed by atoms with E-state index < -0.39 is 9.84 Å². The third kappa shape index (κ3) is 5.27. The highest BCUT2D eigenvalue weighted by atomic mass is 35.5. The number of methoxy groups -OCH3 is 1. The van der Waals surface area contributed by atoms with Crippen LogP contribution in [0.3, 0.4) is 0 Å². The summed E-state index contributed by atoms with van der Waals surface area (Å²) in [5.41, 5.74) is 2.82. The Morgan fingerprint density at radius 1 is 1.07 bits per heavy atom. The third-order valence-electron chi connectivity index (χ3n) is 5.04. The summed E-state index contributed by atoms with van der Waals surface area (Å²) in [4.78, 5) is 6.27. The van der Waals surface area contributed by atoms with Crippen molar-refractivity contribution in [2.75, 3.05) is 26.0 Å². The molecule has 7 heteroatoms. The van der Waals surface area contributed by atoms with Gasteiger partial charge >= 0.3 is 0 Å². The quantitative estimate of drug-likeness (QED) is 0.769. The molecule has 1 aromatic carbocycles. The molecule has 27 heavy (non-hydrogen) atoms. The summed E-state index contributed by atoms with van der Waals surface area (Å²) in [6.07, 6.45) is 5.17. The molecule has 1 aliphatic rings. The number of hydrogen-bond donors (Lipinski definition) is 1. The number of aromatic nitrogens is 1. The predicted octanol–water partition coefficient (Wildman–Crippen LogP) is 4.28. The Balaban J connectivity index is 0.00000261. The largest absolute Gasteiger partial charge is 0.496 e. The number of H-pyrrole nitrogens is 1. The minimum Gasteiger partial charge on any atom is -0.496 e. The van der Waals surface area contributed by atoms with Crippen LogP contribution in [0.5, 0.6) is 5.75 Å². The van der Waals surface area contributed by atoms with E-state index in [1.807, 2.05) is 6.07 Å². The van der Waals surface area contributed by atoms with Gasteiger partial charge in [0.1, 0.15) is 5.75 Å². The van der Waals surface area contributed by atoms with Crippen LogP contribution in [0.4, 0.5) is 0 Å². The average Bonchev–Trinajstić information content (AvgIpc) is 2.96. The third-order valence-corrected chi connectivity index (χ3v) is 6.77. The normalized spacial score (nSPS) is 15.8. The molecule has 0 spiro atoms. The highest BCUT2D eigenvalue weighted by Crippen LogP contribution is 2.32. The van der Waals surface area contributed by atoms with Crippen molar-refractivity contribution < 1.29 is 13.2 Å². The van der Waals surface area contributed by atoms with E-state index in [9.17, 15) is 8.42 Å². The fourth-order valence-electron chi connectivity index (χ4n) is 3.48. The van der Waals surface area contributed by atoms with Gasteiger partial charge in [0, 0.05) is 23.5 Å². The number of nitrogens with one attached hydrogen (secondary N) is 1. The maximum absolute atomic E-state index is 12.2. The average molecular weight is 413 g/mol. The molecule has 1 saturated heterocycles. The van der Waals surface area contributed by atoms with Gasteiger partial charge in [-0.05, 0) is 56.3 Å². The number of likely N-dealkylation sites (tertiary alicyclic amines) is 1. The van der Waals surface area contributed by atoms with Crippen molar-refractivity contribution in [2.24, 2.45) is 0 Å². The molecule has 1 aliphatic heterocycles. The van der Waals surface area contributed by atoms with Crippen molar-refractivity contribution in [3.63, 3.8) is 0 Å².